The monoisotopic (exact) mass is 423 g/mol. The van der Waals surface area contributed by atoms with Gasteiger partial charge in [0.05, 0.1) is 0 Å². The largest absolute Gasteiger partial charge is 0.325 e. The number of hydrogen-bond donors (Lipinski definition) is 1. The summed E-state index contributed by atoms with van der Waals surface area (Å²) in [6.07, 6.45) is 32.4. The average Bonchev–Trinajstić information content (AvgIpc) is 2.73. The van der Waals surface area contributed by atoms with Crippen molar-refractivity contribution in [2.24, 2.45) is 11.7 Å². The lowest BCUT2D eigenvalue weighted by Crippen LogP contribution is -2.42. The number of hydrogen-bond acceptors (Lipinski definition) is 1. The molecule has 182 valence electrons. The van der Waals surface area contributed by atoms with Gasteiger partial charge in [-0.15, -0.1) is 0 Å². The van der Waals surface area contributed by atoms with Crippen LogP contribution in [0, 0.1) is 5.92 Å². The maximum absolute atomic E-state index is 6.69. The molecule has 0 aliphatic heterocycles. The van der Waals surface area contributed by atoms with E-state index in [-0.39, 0.29) is 5.54 Å². The molecule has 1 heteroatoms. The third kappa shape index (κ3) is 19.9. The second-order valence-electron chi connectivity index (χ2n) is 10.7. The summed E-state index contributed by atoms with van der Waals surface area (Å²) in [5.74, 6) is 0.662. The highest BCUT2D eigenvalue weighted by molar-refractivity contribution is 4.84. The van der Waals surface area contributed by atoms with Gasteiger partial charge in [0.1, 0.15) is 0 Å². The van der Waals surface area contributed by atoms with Gasteiger partial charge in [-0.25, -0.2) is 0 Å². The van der Waals surface area contributed by atoms with E-state index in [4.69, 9.17) is 5.73 Å². The minimum Gasteiger partial charge on any atom is -0.325 e. The highest BCUT2D eigenvalue weighted by Gasteiger charge is 2.25. The molecule has 0 rings (SSSR count). The first kappa shape index (κ1) is 30.0. The zero-order valence-corrected chi connectivity index (χ0v) is 21.9. The number of nitrogens with two attached hydrogens (primary N) is 1. The Hall–Kier alpha value is -0.0400. The molecule has 0 saturated carbocycles. The summed E-state index contributed by atoms with van der Waals surface area (Å²) < 4.78 is 0. The van der Waals surface area contributed by atoms with Gasteiger partial charge >= 0.3 is 0 Å². The molecule has 2 N–H and O–H groups in total. The molecule has 0 aromatic heterocycles. The molecule has 0 fully saturated rings. The molecule has 30 heavy (non-hydrogen) atoms. The summed E-state index contributed by atoms with van der Waals surface area (Å²) in [6.45, 7) is 9.29. The Morgan fingerprint density at radius 1 is 0.500 bits per heavy atom. The maximum atomic E-state index is 6.69. The van der Waals surface area contributed by atoms with Crippen LogP contribution in [0.4, 0.5) is 0 Å². The van der Waals surface area contributed by atoms with Crippen molar-refractivity contribution in [3.63, 3.8) is 0 Å². The SMILES string of the molecule is CCCCCCCCCCCCCCCC(C)C(C)(N)CCCCCCCCCC. The van der Waals surface area contributed by atoms with Crippen molar-refractivity contribution in [1.29, 1.82) is 0 Å². The highest BCUT2D eigenvalue weighted by atomic mass is 14.7. The third-order valence-electron chi connectivity index (χ3n) is 7.44. The molecular weight excluding hydrogens is 362 g/mol. The van der Waals surface area contributed by atoms with E-state index in [0.29, 0.717) is 5.92 Å². The van der Waals surface area contributed by atoms with Crippen molar-refractivity contribution in [2.45, 2.75) is 181 Å². The summed E-state index contributed by atoms with van der Waals surface area (Å²) in [6, 6.07) is 0. The molecule has 0 aromatic rings. The minimum absolute atomic E-state index is 0.0410. The Balaban J connectivity index is 3.45. The van der Waals surface area contributed by atoms with Gasteiger partial charge < -0.3 is 5.73 Å². The van der Waals surface area contributed by atoms with Gasteiger partial charge in [-0.05, 0) is 25.7 Å². The van der Waals surface area contributed by atoms with Crippen LogP contribution in [0.5, 0.6) is 0 Å². The maximum Gasteiger partial charge on any atom is 0.0151 e. The summed E-state index contributed by atoms with van der Waals surface area (Å²) in [5, 5.41) is 0. The van der Waals surface area contributed by atoms with E-state index in [1.54, 1.807) is 0 Å². The second-order valence-corrected chi connectivity index (χ2v) is 10.7. The predicted molar refractivity (Wildman–Crippen MR) is 139 cm³/mol. The van der Waals surface area contributed by atoms with Crippen LogP contribution in [0.3, 0.4) is 0 Å². The molecule has 0 aliphatic carbocycles. The average molecular weight is 424 g/mol. The molecule has 0 radical (unpaired) electrons. The normalized spacial score (nSPS) is 14.7. The minimum atomic E-state index is 0.0410. The van der Waals surface area contributed by atoms with E-state index in [0.717, 1.165) is 0 Å². The summed E-state index contributed by atoms with van der Waals surface area (Å²) in [7, 11) is 0. The topological polar surface area (TPSA) is 26.0 Å². The van der Waals surface area contributed by atoms with Crippen molar-refractivity contribution >= 4 is 0 Å². The molecular formula is C29H61N. The zero-order chi connectivity index (χ0) is 22.3. The Kier molecular flexibility index (Phi) is 22.1. The van der Waals surface area contributed by atoms with Crippen LogP contribution in [-0.2, 0) is 0 Å². The first-order valence-corrected chi connectivity index (χ1v) is 14.3. The fraction of sp³-hybridized carbons (Fsp3) is 1.00. The van der Waals surface area contributed by atoms with Crippen LogP contribution in [0.2, 0.25) is 0 Å². The molecule has 0 spiro atoms. The Morgan fingerprint density at radius 2 is 0.800 bits per heavy atom. The van der Waals surface area contributed by atoms with Crippen LogP contribution >= 0.6 is 0 Å². The van der Waals surface area contributed by atoms with E-state index in [9.17, 15) is 0 Å². The molecule has 0 aliphatic rings. The first-order chi connectivity index (χ1) is 14.5. The van der Waals surface area contributed by atoms with Gasteiger partial charge in [0, 0.05) is 5.54 Å². The van der Waals surface area contributed by atoms with Crippen LogP contribution in [0.1, 0.15) is 175 Å². The molecule has 1 nitrogen and oxygen atoms in total. The van der Waals surface area contributed by atoms with Gasteiger partial charge in [-0.1, -0.05) is 156 Å². The van der Waals surface area contributed by atoms with Gasteiger partial charge in [-0.3, -0.25) is 0 Å². The van der Waals surface area contributed by atoms with Gasteiger partial charge in [0.15, 0.2) is 0 Å². The molecule has 0 heterocycles. The summed E-state index contributed by atoms with van der Waals surface area (Å²) in [4.78, 5) is 0. The van der Waals surface area contributed by atoms with E-state index in [2.05, 4.69) is 27.7 Å². The third-order valence-corrected chi connectivity index (χ3v) is 7.44. The van der Waals surface area contributed by atoms with Crippen LogP contribution in [0.15, 0.2) is 0 Å². The zero-order valence-electron chi connectivity index (χ0n) is 21.9. The summed E-state index contributed by atoms with van der Waals surface area (Å²) >= 11 is 0. The van der Waals surface area contributed by atoms with Crippen molar-refractivity contribution < 1.29 is 0 Å². The second kappa shape index (κ2) is 22.2. The molecule has 0 amide bonds. The fourth-order valence-electron chi connectivity index (χ4n) is 4.68. The van der Waals surface area contributed by atoms with Crippen LogP contribution in [0.25, 0.3) is 0 Å². The van der Waals surface area contributed by atoms with E-state index < -0.39 is 0 Å². The quantitative estimate of drug-likeness (QED) is 0.153. The molecule has 0 bridgehead atoms. The van der Waals surface area contributed by atoms with Crippen molar-refractivity contribution in [3.8, 4) is 0 Å². The molecule has 0 saturated heterocycles. The van der Waals surface area contributed by atoms with E-state index in [1.807, 2.05) is 0 Å². The van der Waals surface area contributed by atoms with Crippen molar-refractivity contribution in [2.75, 3.05) is 0 Å². The lowest BCUT2D eigenvalue weighted by Gasteiger charge is -2.32. The number of rotatable bonds is 24. The molecule has 0 aromatic carbocycles. The summed E-state index contributed by atoms with van der Waals surface area (Å²) in [5.41, 5.74) is 6.73. The van der Waals surface area contributed by atoms with Gasteiger partial charge in [0.2, 0.25) is 0 Å². The highest BCUT2D eigenvalue weighted by Crippen LogP contribution is 2.26. The number of unbranched alkanes of at least 4 members (excludes halogenated alkanes) is 19. The molecule has 2 atom stereocenters. The lowest BCUT2D eigenvalue weighted by atomic mass is 9.80. The first-order valence-electron chi connectivity index (χ1n) is 14.3. The van der Waals surface area contributed by atoms with Gasteiger partial charge in [-0.2, -0.15) is 0 Å². The Bertz CT molecular complexity index is 322. The van der Waals surface area contributed by atoms with Crippen LogP contribution in [-0.4, -0.2) is 5.54 Å². The predicted octanol–water partition coefficient (Wildman–Crippen LogP) is 10.4. The Morgan fingerprint density at radius 3 is 1.17 bits per heavy atom. The fourth-order valence-corrected chi connectivity index (χ4v) is 4.68. The van der Waals surface area contributed by atoms with Gasteiger partial charge in [0.25, 0.3) is 0 Å². The van der Waals surface area contributed by atoms with Crippen molar-refractivity contribution in [3.05, 3.63) is 0 Å². The molecule has 2 unspecified atom stereocenters. The lowest BCUT2D eigenvalue weighted by molar-refractivity contribution is 0.265. The van der Waals surface area contributed by atoms with Crippen LogP contribution < -0.4 is 5.73 Å². The standard InChI is InChI=1S/C29H61N/c1-5-7-9-11-13-15-16-17-18-19-20-22-24-26-28(3)29(4,30)27-25-23-21-14-12-10-8-6-2/h28H,5-27,30H2,1-4H3. The Labute approximate surface area is 192 Å². The van der Waals surface area contributed by atoms with E-state index in [1.165, 1.54) is 148 Å². The van der Waals surface area contributed by atoms with E-state index >= 15 is 0 Å². The van der Waals surface area contributed by atoms with Crippen molar-refractivity contribution in [1.82, 2.24) is 0 Å². The smallest absolute Gasteiger partial charge is 0.0151 e.